The molecule has 8 heteroatoms. The number of sulfone groups is 1. The molecule has 2 heterocycles. The summed E-state index contributed by atoms with van der Waals surface area (Å²) in [5.41, 5.74) is 3.21. The molecule has 2 N–H and O–H groups in total. The molecule has 0 amide bonds. The molecule has 1 unspecified atom stereocenters. The molecule has 168 valence electrons. The number of hydrogen-bond acceptors (Lipinski definition) is 5. The van der Waals surface area contributed by atoms with Gasteiger partial charge < -0.3 is 10.1 Å². The van der Waals surface area contributed by atoms with Gasteiger partial charge in [-0.05, 0) is 34.9 Å². The number of H-pyrrole nitrogens is 1. The van der Waals surface area contributed by atoms with E-state index >= 15 is 0 Å². The number of aromatic amines is 1. The van der Waals surface area contributed by atoms with Gasteiger partial charge in [-0.3, -0.25) is 4.79 Å². The van der Waals surface area contributed by atoms with Crippen LogP contribution >= 0.6 is 0 Å². The van der Waals surface area contributed by atoms with Gasteiger partial charge in [0.1, 0.15) is 4.75 Å². The van der Waals surface area contributed by atoms with Crippen LogP contribution in [-0.2, 0) is 32.2 Å². The Balaban J connectivity index is 1.83. The highest BCUT2D eigenvalue weighted by atomic mass is 32.2. The second-order valence-corrected chi connectivity index (χ2v) is 10.1. The number of carbonyl (C=O) groups is 1. The zero-order valence-electron chi connectivity index (χ0n) is 18.0. The molecule has 2 aromatic heterocycles. The van der Waals surface area contributed by atoms with Crippen molar-refractivity contribution >= 4 is 15.8 Å². The molecule has 0 saturated heterocycles. The largest absolute Gasteiger partial charge is 0.481 e. The Morgan fingerprint density at radius 1 is 0.970 bits per heavy atom. The van der Waals surface area contributed by atoms with Crippen LogP contribution in [0.2, 0.25) is 0 Å². The van der Waals surface area contributed by atoms with Crippen LogP contribution in [0.25, 0.3) is 11.4 Å². The Morgan fingerprint density at radius 3 is 2.30 bits per heavy atom. The van der Waals surface area contributed by atoms with E-state index in [1.165, 1.54) is 6.26 Å². The van der Waals surface area contributed by atoms with Gasteiger partial charge in [-0.25, -0.2) is 18.4 Å². The van der Waals surface area contributed by atoms with Crippen molar-refractivity contribution in [3.63, 3.8) is 0 Å². The predicted octanol–water partition coefficient (Wildman–Crippen LogP) is 3.63. The van der Waals surface area contributed by atoms with E-state index in [9.17, 15) is 18.3 Å². The fraction of sp³-hybridized carbons (Fsp3) is 0.160. The molecule has 4 aromatic rings. The molecule has 33 heavy (non-hydrogen) atoms. The molecule has 0 bridgehead atoms. The van der Waals surface area contributed by atoms with Crippen LogP contribution in [0.3, 0.4) is 0 Å². The lowest BCUT2D eigenvalue weighted by molar-refractivity contribution is -0.136. The summed E-state index contributed by atoms with van der Waals surface area (Å²) >= 11 is 0. The minimum absolute atomic E-state index is 0.165. The summed E-state index contributed by atoms with van der Waals surface area (Å²) in [7, 11) is -3.71. The van der Waals surface area contributed by atoms with Gasteiger partial charge >= 0.3 is 5.97 Å². The monoisotopic (exact) mass is 461 g/mol. The van der Waals surface area contributed by atoms with E-state index < -0.39 is 20.6 Å². The molecule has 7 nitrogen and oxygen atoms in total. The zero-order chi connectivity index (χ0) is 23.5. The van der Waals surface area contributed by atoms with Crippen molar-refractivity contribution in [3.8, 4) is 11.4 Å². The summed E-state index contributed by atoms with van der Waals surface area (Å²) in [6.45, 7) is 0. The average Bonchev–Trinajstić information content (AvgIpc) is 3.32. The van der Waals surface area contributed by atoms with Crippen molar-refractivity contribution in [2.45, 2.75) is 17.6 Å². The quantitative estimate of drug-likeness (QED) is 0.414. The second kappa shape index (κ2) is 8.99. The van der Waals surface area contributed by atoms with Crippen LogP contribution in [-0.4, -0.2) is 40.7 Å². The third-order valence-corrected chi connectivity index (χ3v) is 7.51. The van der Waals surface area contributed by atoms with Crippen molar-refractivity contribution in [1.82, 2.24) is 15.0 Å². The lowest BCUT2D eigenvalue weighted by atomic mass is 9.86. The molecule has 1 atom stereocenters. The van der Waals surface area contributed by atoms with Crippen molar-refractivity contribution < 1.29 is 18.3 Å². The Morgan fingerprint density at radius 2 is 1.70 bits per heavy atom. The minimum atomic E-state index is -3.71. The Bertz CT molecular complexity index is 1350. The molecule has 2 aromatic carbocycles. The summed E-state index contributed by atoms with van der Waals surface area (Å²) < 4.78 is 25.4. The molecular weight excluding hydrogens is 438 g/mol. The van der Waals surface area contributed by atoms with E-state index in [0.29, 0.717) is 22.6 Å². The number of hydrogen-bond donors (Lipinski definition) is 2. The number of benzene rings is 2. The topological polar surface area (TPSA) is 113 Å². The van der Waals surface area contributed by atoms with E-state index in [1.807, 2.05) is 24.3 Å². The first-order valence-electron chi connectivity index (χ1n) is 10.3. The minimum Gasteiger partial charge on any atom is -0.481 e. The highest BCUT2D eigenvalue weighted by Crippen LogP contribution is 2.40. The zero-order valence-corrected chi connectivity index (χ0v) is 18.8. The van der Waals surface area contributed by atoms with Crippen LogP contribution in [0.15, 0.2) is 85.3 Å². The molecular formula is C25H23N3O4S. The highest BCUT2D eigenvalue weighted by molar-refractivity contribution is 7.91. The lowest BCUT2D eigenvalue weighted by Crippen LogP contribution is -2.39. The molecule has 0 aliphatic heterocycles. The summed E-state index contributed by atoms with van der Waals surface area (Å²) in [5.74, 6) is -0.389. The summed E-state index contributed by atoms with van der Waals surface area (Å²) in [4.78, 5) is 22.9. The number of nitrogens with zero attached hydrogens (tertiary/aromatic N) is 2. The van der Waals surface area contributed by atoms with Crippen LogP contribution < -0.4 is 0 Å². The normalized spacial score (nSPS) is 13.4. The van der Waals surface area contributed by atoms with Gasteiger partial charge in [0.2, 0.25) is 0 Å². The number of carboxylic acids is 1. The fourth-order valence-corrected chi connectivity index (χ4v) is 5.60. The Labute approximate surface area is 192 Å². The van der Waals surface area contributed by atoms with Gasteiger partial charge in [0.15, 0.2) is 15.7 Å². The Kier molecular flexibility index (Phi) is 6.11. The van der Waals surface area contributed by atoms with Crippen LogP contribution in [0, 0.1) is 0 Å². The van der Waals surface area contributed by atoms with E-state index in [1.54, 1.807) is 61.1 Å². The molecule has 0 aliphatic carbocycles. The summed E-state index contributed by atoms with van der Waals surface area (Å²) in [6, 6.07) is 19.5. The standard InChI is InChI=1S/C25H23N3O4S/c1-33(31,32)25(22-7-3-12-26-22,21-6-2-5-19(15-21)16-23(29)30)17-18-8-10-20(11-9-18)24-27-13-4-14-28-24/h2-15,26H,16-17H2,1H3,(H,29,30). The molecule has 0 radical (unpaired) electrons. The third-order valence-electron chi connectivity index (χ3n) is 5.65. The van der Waals surface area contributed by atoms with E-state index in [-0.39, 0.29) is 12.8 Å². The summed E-state index contributed by atoms with van der Waals surface area (Å²) in [6.07, 6.45) is 6.21. The molecule has 0 saturated carbocycles. The maximum atomic E-state index is 13.4. The number of carboxylic acid groups (broad SMARTS) is 1. The molecule has 0 spiro atoms. The van der Waals surface area contributed by atoms with E-state index in [0.717, 1.165) is 11.1 Å². The number of nitrogens with one attached hydrogen (secondary N) is 1. The fourth-order valence-electron chi connectivity index (χ4n) is 4.09. The van der Waals surface area contributed by atoms with Gasteiger partial charge in [0, 0.05) is 42.5 Å². The molecule has 0 fully saturated rings. The highest BCUT2D eigenvalue weighted by Gasteiger charge is 2.45. The van der Waals surface area contributed by atoms with Gasteiger partial charge in [-0.2, -0.15) is 0 Å². The smallest absolute Gasteiger partial charge is 0.307 e. The van der Waals surface area contributed by atoms with Gasteiger partial charge in [-0.15, -0.1) is 0 Å². The van der Waals surface area contributed by atoms with Gasteiger partial charge in [0.25, 0.3) is 0 Å². The Hall–Kier alpha value is -3.78. The van der Waals surface area contributed by atoms with Crippen molar-refractivity contribution in [1.29, 1.82) is 0 Å². The second-order valence-electron chi connectivity index (χ2n) is 7.90. The molecule has 0 aliphatic rings. The first-order chi connectivity index (χ1) is 15.8. The SMILES string of the molecule is CS(=O)(=O)C(Cc1ccc(-c2ncccn2)cc1)(c1cccc(CC(=O)O)c1)c1ccc[nH]1. The van der Waals surface area contributed by atoms with Crippen LogP contribution in [0.4, 0.5) is 0 Å². The first-order valence-corrected chi connectivity index (χ1v) is 12.2. The first kappa shape index (κ1) is 22.4. The number of aliphatic carboxylic acids is 1. The molecule has 4 rings (SSSR count). The van der Waals surface area contributed by atoms with Crippen molar-refractivity contribution in [3.05, 3.63) is 108 Å². The maximum Gasteiger partial charge on any atom is 0.307 e. The van der Waals surface area contributed by atoms with Crippen LogP contribution in [0.5, 0.6) is 0 Å². The number of rotatable bonds is 8. The average molecular weight is 462 g/mol. The van der Waals surface area contributed by atoms with Crippen LogP contribution in [0.1, 0.15) is 22.4 Å². The van der Waals surface area contributed by atoms with Crippen molar-refractivity contribution in [2.24, 2.45) is 0 Å². The third kappa shape index (κ3) is 4.56. The predicted molar refractivity (Wildman–Crippen MR) is 125 cm³/mol. The maximum absolute atomic E-state index is 13.4. The lowest BCUT2D eigenvalue weighted by Gasteiger charge is -2.32. The van der Waals surface area contributed by atoms with Gasteiger partial charge in [-0.1, -0.05) is 48.5 Å². The van der Waals surface area contributed by atoms with Gasteiger partial charge in [0.05, 0.1) is 6.42 Å². The van der Waals surface area contributed by atoms with E-state index in [2.05, 4.69) is 15.0 Å². The van der Waals surface area contributed by atoms with E-state index in [4.69, 9.17) is 0 Å². The number of aromatic nitrogens is 3. The summed E-state index contributed by atoms with van der Waals surface area (Å²) in [5, 5.41) is 9.22. The van der Waals surface area contributed by atoms with Crippen molar-refractivity contribution in [2.75, 3.05) is 6.26 Å².